The van der Waals surface area contributed by atoms with Gasteiger partial charge >= 0.3 is 7.12 Å². The van der Waals surface area contributed by atoms with Crippen molar-refractivity contribution >= 4 is 7.12 Å². The van der Waals surface area contributed by atoms with Gasteiger partial charge in [0.05, 0.1) is 12.4 Å². The third-order valence-electron chi connectivity index (χ3n) is 3.29. The van der Waals surface area contributed by atoms with E-state index in [0.29, 0.717) is 6.61 Å². The molecule has 3 heterocycles. The Balaban J connectivity index is 1.97. The van der Waals surface area contributed by atoms with Gasteiger partial charge in [0, 0.05) is 4.92 Å². The van der Waals surface area contributed by atoms with E-state index in [-0.39, 0.29) is 17.6 Å². The molecule has 94 valence electrons. The first-order valence-electron chi connectivity index (χ1n) is 5.81. The van der Waals surface area contributed by atoms with Crippen molar-refractivity contribution in [3.63, 3.8) is 0 Å². The van der Waals surface area contributed by atoms with Crippen LogP contribution in [0.1, 0.15) is 6.92 Å². The van der Waals surface area contributed by atoms with Crippen molar-refractivity contribution in [2.24, 2.45) is 0 Å². The highest BCUT2D eigenvalue weighted by Gasteiger charge is 2.44. The number of nitrogens with zero attached hydrogens (tertiary/aromatic N) is 1. The second-order valence-corrected chi connectivity index (χ2v) is 4.47. The fourth-order valence-corrected chi connectivity index (χ4v) is 2.46. The summed E-state index contributed by atoms with van der Waals surface area (Å²) >= 11 is 0. The van der Waals surface area contributed by atoms with E-state index in [1.54, 1.807) is 12.3 Å². The summed E-state index contributed by atoms with van der Waals surface area (Å²) in [6.07, 6.45) is 4.55. The minimum atomic E-state index is -0.557. The summed E-state index contributed by atoms with van der Waals surface area (Å²) < 4.78 is 16.6. The summed E-state index contributed by atoms with van der Waals surface area (Å²) in [4.78, 5) is 10.2. The summed E-state index contributed by atoms with van der Waals surface area (Å²) in [7, 11) is -0.508. The van der Waals surface area contributed by atoms with Crippen LogP contribution in [-0.2, 0) is 14.0 Å². The molecule has 0 aliphatic carbocycles. The molecule has 0 N–H and O–H groups in total. The van der Waals surface area contributed by atoms with Gasteiger partial charge in [-0.2, -0.15) is 0 Å². The van der Waals surface area contributed by atoms with Crippen molar-refractivity contribution in [3.05, 3.63) is 45.1 Å². The summed E-state index contributed by atoms with van der Waals surface area (Å²) in [6.45, 7) is 2.15. The molecule has 0 amide bonds. The molecule has 0 radical (unpaired) electrons. The van der Waals surface area contributed by atoms with Gasteiger partial charge in [-0.15, -0.1) is 0 Å². The molecule has 0 saturated carbocycles. The first kappa shape index (κ1) is 11.5. The molecule has 3 rings (SSSR count). The molecule has 3 aliphatic heterocycles. The zero-order valence-corrected chi connectivity index (χ0v) is 9.87. The molecule has 0 aromatic carbocycles. The van der Waals surface area contributed by atoms with E-state index in [4.69, 9.17) is 14.0 Å². The lowest BCUT2D eigenvalue weighted by Crippen LogP contribution is -2.36. The number of hydrogen-bond acceptors (Lipinski definition) is 5. The number of nitro groups is 1. The smallest absolute Gasteiger partial charge is 0.495 e. The molecule has 0 aromatic heterocycles. The Morgan fingerprint density at radius 3 is 3.17 bits per heavy atom. The Morgan fingerprint density at radius 1 is 1.56 bits per heavy atom. The van der Waals surface area contributed by atoms with E-state index >= 15 is 0 Å². The third-order valence-corrected chi connectivity index (χ3v) is 3.29. The van der Waals surface area contributed by atoms with Crippen LogP contribution in [0.2, 0.25) is 0 Å². The molecule has 2 unspecified atom stereocenters. The van der Waals surface area contributed by atoms with Crippen molar-refractivity contribution in [1.29, 1.82) is 0 Å². The molecular weight excluding hydrogens is 237 g/mol. The molecule has 0 spiro atoms. The minimum absolute atomic E-state index is 0.0809. The Morgan fingerprint density at radius 2 is 2.39 bits per heavy atom. The molecule has 18 heavy (non-hydrogen) atoms. The van der Waals surface area contributed by atoms with Crippen LogP contribution in [-0.4, -0.2) is 37.4 Å². The highest BCUT2D eigenvalue weighted by atomic mass is 16.6. The normalized spacial score (nSPS) is 29.6. The Labute approximate surface area is 104 Å². The predicted molar refractivity (Wildman–Crippen MR) is 63.2 cm³/mol. The van der Waals surface area contributed by atoms with Gasteiger partial charge in [0.1, 0.15) is 12.7 Å². The van der Waals surface area contributed by atoms with Gasteiger partial charge < -0.3 is 14.0 Å². The molecule has 0 fully saturated rings. The minimum Gasteiger partial charge on any atom is -0.497 e. The lowest BCUT2D eigenvalue weighted by atomic mass is 9.70. The van der Waals surface area contributed by atoms with Gasteiger partial charge in [0.15, 0.2) is 0 Å². The van der Waals surface area contributed by atoms with Gasteiger partial charge in [-0.05, 0) is 35.7 Å². The molecule has 7 heteroatoms. The lowest BCUT2D eigenvalue weighted by Gasteiger charge is -2.22. The molecule has 6 nitrogen and oxygen atoms in total. The molecule has 3 aliphatic rings. The number of hydrogen-bond donors (Lipinski definition) is 0. The fourth-order valence-electron chi connectivity index (χ4n) is 2.46. The van der Waals surface area contributed by atoms with Crippen LogP contribution >= 0.6 is 0 Å². The van der Waals surface area contributed by atoms with Crippen molar-refractivity contribution in [2.45, 2.75) is 19.1 Å². The van der Waals surface area contributed by atoms with Crippen LogP contribution < -0.4 is 0 Å². The number of ether oxygens (including phenoxy) is 1. The van der Waals surface area contributed by atoms with Crippen LogP contribution in [0.4, 0.5) is 0 Å². The monoisotopic (exact) mass is 249 g/mol. The fraction of sp³-hybridized carbons (Fsp3) is 0.455. The van der Waals surface area contributed by atoms with Crippen LogP contribution in [0.15, 0.2) is 35.0 Å². The summed E-state index contributed by atoms with van der Waals surface area (Å²) in [5, 5.41) is 10.6. The lowest BCUT2D eigenvalue weighted by molar-refractivity contribution is -0.487. The first-order chi connectivity index (χ1) is 8.65. The maximum Gasteiger partial charge on any atom is 0.495 e. The highest BCUT2D eigenvalue weighted by molar-refractivity contribution is 6.57. The Hall–Kier alpha value is -1.60. The van der Waals surface area contributed by atoms with Crippen molar-refractivity contribution < 1.29 is 19.0 Å². The topological polar surface area (TPSA) is 70.8 Å². The van der Waals surface area contributed by atoms with E-state index in [9.17, 15) is 10.1 Å². The molecule has 0 bridgehead atoms. The van der Waals surface area contributed by atoms with Crippen LogP contribution in [0.5, 0.6) is 0 Å². The van der Waals surface area contributed by atoms with E-state index in [2.05, 4.69) is 0 Å². The number of allylic oxidation sites excluding steroid dienone is 3. The van der Waals surface area contributed by atoms with Gasteiger partial charge in [0.2, 0.25) is 6.54 Å². The van der Waals surface area contributed by atoms with E-state index in [0.717, 1.165) is 16.6 Å². The summed E-state index contributed by atoms with van der Waals surface area (Å²) in [5.74, 6) is 0. The van der Waals surface area contributed by atoms with E-state index in [1.165, 1.54) is 0 Å². The van der Waals surface area contributed by atoms with Gasteiger partial charge in [0.25, 0.3) is 0 Å². The van der Waals surface area contributed by atoms with Gasteiger partial charge in [-0.3, -0.25) is 10.1 Å². The largest absolute Gasteiger partial charge is 0.497 e. The van der Waals surface area contributed by atoms with Gasteiger partial charge in [-0.25, -0.2) is 0 Å². The zero-order valence-electron chi connectivity index (χ0n) is 9.87. The van der Waals surface area contributed by atoms with E-state index in [1.807, 2.05) is 13.0 Å². The second kappa shape index (κ2) is 4.26. The molecule has 2 atom stereocenters. The average Bonchev–Trinajstić information content (AvgIpc) is 2.48. The van der Waals surface area contributed by atoms with Crippen LogP contribution in [0.25, 0.3) is 0 Å². The summed E-state index contributed by atoms with van der Waals surface area (Å²) in [6, 6.07) is 0. The van der Waals surface area contributed by atoms with Gasteiger partial charge in [-0.1, -0.05) is 0 Å². The zero-order chi connectivity index (χ0) is 12.7. The predicted octanol–water partition coefficient (Wildman–Crippen LogP) is 0.875. The van der Waals surface area contributed by atoms with Crippen molar-refractivity contribution in [2.75, 3.05) is 13.2 Å². The second-order valence-electron chi connectivity index (χ2n) is 4.47. The van der Waals surface area contributed by atoms with Crippen molar-refractivity contribution in [3.8, 4) is 0 Å². The van der Waals surface area contributed by atoms with E-state index < -0.39 is 13.2 Å². The standard InChI is InChI=1S/C11H12BNO5/c1-7-10-6-16-3-2-8-4-9(5-13(14)15)18-12(17-7)11(8)10/h2-4,7,9H,5-6H2,1H3. The Kier molecular flexibility index (Phi) is 2.72. The quantitative estimate of drug-likeness (QED) is 0.412. The van der Waals surface area contributed by atoms with Crippen LogP contribution in [0.3, 0.4) is 0 Å². The molecular formula is C11H12BNO5. The number of rotatable bonds is 2. The highest BCUT2D eigenvalue weighted by Crippen LogP contribution is 2.36. The molecule has 0 aromatic rings. The van der Waals surface area contributed by atoms with Crippen molar-refractivity contribution in [1.82, 2.24) is 0 Å². The summed E-state index contributed by atoms with van der Waals surface area (Å²) in [5.41, 5.74) is 2.93. The maximum absolute atomic E-state index is 10.6. The third kappa shape index (κ3) is 1.85. The molecule has 0 saturated heterocycles. The van der Waals surface area contributed by atoms with Crippen LogP contribution in [0, 0.1) is 10.1 Å². The Bertz CT molecular complexity index is 484. The average molecular weight is 249 g/mol. The maximum atomic E-state index is 10.6. The first-order valence-corrected chi connectivity index (χ1v) is 5.81. The SMILES string of the molecule is CC1OB2OC(C[N+](=O)[O-])C=C3C=COCC1=C23.